The van der Waals surface area contributed by atoms with Crippen molar-refractivity contribution in [2.45, 2.75) is 18.8 Å². The number of carbonyl (C=O) groups is 1. The van der Waals surface area contributed by atoms with E-state index in [0.717, 1.165) is 26.1 Å². The molecule has 2 atom stereocenters. The summed E-state index contributed by atoms with van der Waals surface area (Å²) >= 11 is 0. The van der Waals surface area contributed by atoms with Gasteiger partial charge in [0.25, 0.3) is 0 Å². The molecule has 1 aromatic rings. The zero-order valence-electron chi connectivity index (χ0n) is 11.9. The molecule has 6 nitrogen and oxygen atoms in total. The molecule has 6 heteroatoms. The lowest BCUT2D eigenvalue weighted by Gasteiger charge is -2.16. The minimum Gasteiger partial charge on any atom is -0.409 e. The molecular weight excluding hydrogens is 270 g/mol. The molecule has 0 saturated carbocycles. The third-order valence-corrected chi connectivity index (χ3v) is 3.68. The third-order valence-electron chi connectivity index (χ3n) is 3.68. The van der Waals surface area contributed by atoms with E-state index in [2.05, 4.69) is 10.5 Å². The van der Waals surface area contributed by atoms with Crippen LogP contribution in [0, 0.1) is 5.92 Å². The van der Waals surface area contributed by atoms with Crippen LogP contribution in [0.25, 0.3) is 0 Å². The Bertz CT molecular complexity index is 484. The summed E-state index contributed by atoms with van der Waals surface area (Å²) in [6.07, 6.45) is 1.92. The lowest BCUT2D eigenvalue weighted by atomic mass is 9.97. The Balaban J connectivity index is 1.95. The van der Waals surface area contributed by atoms with Crippen LogP contribution in [0.15, 0.2) is 35.5 Å². The van der Waals surface area contributed by atoms with Crippen molar-refractivity contribution in [2.75, 3.05) is 19.8 Å². The first kappa shape index (κ1) is 15.3. The zero-order valence-corrected chi connectivity index (χ0v) is 11.9. The highest BCUT2D eigenvalue weighted by molar-refractivity contribution is 6.07. The van der Waals surface area contributed by atoms with Gasteiger partial charge in [-0.05, 0) is 24.3 Å². The SMILES string of the molecule is N/C(=N/O)C(C(=O)NCCC1CCOC1)c1ccccc1. The van der Waals surface area contributed by atoms with E-state index in [1.807, 2.05) is 18.2 Å². The van der Waals surface area contributed by atoms with Gasteiger partial charge in [0.15, 0.2) is 5.84 Å². The monoisotopic (exact) mass is 291 g/mol. The number of rotatable bonds is 6. The maximum atomic E-state index is 12.3. The number of hydrogen-bond donors (Lipinski definition) is 3. The highest BCUT2D eigenvalue weighted by Crippen LogP contribution is 2.17. The second kappa shape index (κ2) is 7.64. The minimum absolute atomic E-state index is 0.108. The standard InChI is InChI=1S/C15H21N3O3/c16-14(18-20)13(12-4-2-1-3-5-12)15(19)17-8-6-11-7-9-21-10-11/h1-5,11,13,20H,6-10H2,(H2,16,18)(H,17,19). The molecule has 21 heavy (non-hydrogen) atoms. The number of amides is 1. The van der Waals surface area contributed by atoms with E-state index < -0.39 is 5.92 Å². The summed E-state index contributed by atoms with van der Waals surface area (Å²) in [5.74, 6) is -0.626. The number of oxime groups is 1. The van der Waals surface area contributed by atoms with Gasteiger partial charge in [0, 0.05) is 19.8 Å². The van der Waals surface area contributed by atoms with Crippen molar-refractivity contribution >= 4 is 11.7 Å². The van der Waals surface area contributed by atoms with Crippen LogP contribution in [0.2, 0.25) is 0 Å². The molecule has 1 aliphatic heterocycles. The van der Waals surface area contributed by atoms with Crippen LogP contribution in [-0.4, -0.2) is 36.7 Å². The molecule has 1 aliphatic rings. The summed E-state index contributed by atoms with van der Waals surface area (Å²) in [7, 11) is 0. The molecular formula is C15H21N3O3. The minimum atomic E-state index is -0.768. The van der Waals surface area contributed by atoms with E-state index >= 15 is 0 Å². The van der Waals surface area contributed by atoms with Gasteiger partial charge in [-0.15, -0.1) is 0 Å². The van der Waals surface area contributed by atoms with Crippen LogP contribution in [-0.2, 0) is 9.53 Å². The number of ether oxygens (including phenoxy) is 1. The van der Waals surface area contributed by atoms with Crippen molar-refractivity contribution in [2.24, 2.45) is 16.8 Å². The number of nitrogens with zero attached hydrogens (tertiary/aromatic N) is 1. The smallest absolute Gasteiger partial charge is 0.235 e. The lowest BCUT2D eigenvalue weighted by Crippen LogP contribution is -2.38. The summed E-state index contributed by atoms with van der Waals surface area (Å²) in [5.41, 5.74) is 6.37. The highest BCUT2D eigenvalue weighted by Gasteiger charge is 2.25. The first-order chi connectivity index (χ1) is 10.2. The Morgan fingerprint density at radius 3 is 2.86 bits per heavy atom. The summed E-state index contributed by atoms with van der Waals surface area (Å²) in [5, 5.41) is 14.7. The molecule has 1 aromatic carbocycles. The second-order valence-electron chi connectivity index (χ2n) is 5.18. The number of hydrogen-bond acceptors (Lipinski definition) is 4. The van der Waals surface area contributed by atoms with Crippen LogP contribution in [0.1, 0.15) is 24.3 Å². The molecule has 1 fully saturated rings. The van der Waals surface area contributed by atoms with Crippen molar-refractivity contribution in [1.82, 2.24) is 5.32 Å². The summed E-state index contributed by atoms with van der Waals surface area (Å²) in [6.45, 7) is 2.13. The van der Waals surface area contributed by atoms with Crippen molar-refractivity contribution in [3.8, 4) is 0 Å². The van der Waals surface area contributed by atoms with Gasteiger partial charge in [0.2, 0.25) is 5.91 Å². The van der Waals surface area contributed by atoms with E-state index in [1.165, 1.54) is 0 Å². The summed E-state index contributed by atoms with van der Waals surface area (Å²) in [4.78, 5) is 12.3. The average Bonchev–Trinajstić information content (AvgIpc) is 3.01. The maximum absolute atomic E-state index is 12.3. The van der Waals surface area contributed by atoms with Gasteiger partial charge in [-0.1, -0.05) is 35.5 Å². The Labute approximate surface area is 124 Å². The Kier molecular flexibility index (Phi) is 5.57. The van der Waals surface area contributed by atoms with Crippen LogP contribution in [0.3, 0.4) is 0 Å². The first-order valence-electron chi connectivity index (χ1n) is 7.10. The van der Waals surface area contributed by atoms with Crippen LogP contribution in [0.5, 0.6) is 0 Å². The van der Waals surface area contributed by atoms with E-state index in [-0.39, 0.29) is 11.7 Å². The molecule has 1 amide bonds. The van der Waals surface area contributed by atoms with Gasteiger partial charge in [-0.2, -0.15) is 0 Å². The Morgan fingerprint density at radius 2 is 2.24 bits per heavy atom. The van der Waals surface area contributed by atoms with Crippen molar-refractivity contribution in [3.63, 3.8) is 0 Å². The zero-order chi connectivity index (χ0) is 15.1. The van der Waals surface area contributed by atoms with Gasteiger partial charge in [0.1, 0.15) is 5.92 Å². The van der Waals surface area contributed by atoms with E-state index in [0.29, 0.717) is 18.0 Å². The number of benzene rings is 1. The predicted octanol–water partition coefficient (Wildman–Crippen LogP) is 1.06. The molecule has 0 aliphatic carbocycles. The molecule has 2 unspecified atom stereocenters. The van der Waals surface area contributed by atoms with Crippen LogP contribution >= 0.6 is 0 Å². The first-order valence-corrected chi connectivity index (χ1v) is 7.10. The topological polar surface area (TPSA) is 96.9 Å². The number of nitrogens with one attached hydrogen (secondary N) is 1. The third kappa shape index (κ3) is 4.19. The van der Waals surface area contributed by atoms with E-state index in [9.17, 15) is 4.79 Å². The maximum Gasteiger partial charge on any atom is 0.235 e. The predicted molar refractivity (Wildman–Crippen MR) is 79.1 cm³/mol. The molecule has 1 heterocycles. The quantitative estimate of drug-likeness (QED) is 0.316. The molecule has 114 valence electrons. The fraction of sp³-hybridized carbons (Fsp3) is 0.467. The van der Waals surface area contributed by atoms with Gasteiger partial charge in [0.05, 0.1) is 0 Å². The molecule has 0 spiro atoms. The molecule has 0 aromatic heterocycles. The molecule has 0 radical (unpaired) electrons. The lowest BCUT2D eigenvalue weighted by molar-refractivity contribution is -0.121. The van der Waals surface area contributed by atoms with Crippen molar-refractivity contribution in [1.29, 1.82) is 0 Å². The molecule has 1 saturated heterocycles. The average molecular weight is 291 g/mol. The number of nitrogens with two attached hydrogens (primary N) is 1. The van der Waals surface area contributed by atoms with Gasteiger partial charge in [-0.25, -0.2) is 0 Å². The van der Waals surface area contributed by atoms with Gasteiger partial charge >= 0.3 is 0 Å². The summed E-state index contributed by atoms with van der Waals surface area (Å²) in [6, 6.07) is 9.05. The van der Waals surface area contributed by atoms with Gasteiger partial charge in [-0.3, -0.25) is 4.79 Å². The Hall–Kier alpha value is -2.08. The van der Waals surface area contributed by atoms with Crippen molar-refractivity contribution in [3.05, 3.63) is 35.9 Å². The normalized spacial score (nSPS) is 20.2. The van der Waals surface area contributed by atoms with Crippen LogP contribution in [0.4, 0.5) is 0 Å². The molecule has 2 rings (SSSR count). The number of amidine groups is 1. The summed E-state index contributed by atoms with van der Waals surface area (Å²) < 4.78 is 5.30. The fourth-order valence-corrected chi connectivity index (χ4v) is 2.47. The van der Waals surface area contributed by atoms with E-state index in [1.54, 1.807) is 12.1 Å². The molecule has 4 N–H and O–H groups in total. The van der Waals surface area contributed by atoms with Crippen molar-refractivity contribution < 1.29 is 14.7 Å². The van der Waals surface area contributed by atoms with E-state index in [4.69, 9.17) is 15.7 Å². The molecule has 0 bridgehead atoms. The largest absolute Gasteiger partial charge is 0.409 e. The Morgan fingerprint density at radius 1 is 1.48 bits per heavy atom. The second-order valence-corrected chi connectivity index (χ2v) is 5.18. The van der Waals surface area contributed by atoms with Crippen LogP contribution < -0.4 is 11.1 Å². The fourth-order valence-electron chi connectivity index (χ4n) is 2.47. The highest BCUT2D eigenvalue weighted by atomic mass is 16.5. The van der Waals surface area contributed by atoms with Gasteiger partial charge < -0.3 is 21.0 Å². The number of carbonyl (C=O) groups excluding carboxylic acids is 1.